The van der Waals surface area contributed by atoms with Crippen LogP contribution in [0.15, 0.2) is 12.1 Å². The number of esters is 1. The first-order valence-electron chi connectivity index (χ1n) is 6.70. The highest BCUT2D eigenvalue weighted by atomic mass is 19.1. The molecule has 1 heterocycles. The van der Waals surface area contributed by atoms with Crippen molar-refractivity contribution in [1.29, 1.82) is 0 Å². The zero-order chi connectivity index (χ0) is 16.3. The lowest BCUT2D eigenvalue weighted by molar-refractivity contribution is -0.143. The van der Waals surface area contributed by atoms with Crippen molar-refractivity contribution in [2.24, 2.45) is 0 Å². The maximum absolute atomic E-state index is 14.0. The SMILES string of the molecule is CCOC(=O)CN1C[C@@H](c2c(F)cc(OC)cc2F)NC1=O. The second-order valence-corrected chi connectivity index (χ2v) is 4.69. The summed E-state index contributed by atoms with van der Waals surface area (Å²) in [5, 5.41) is 2.45. The molecule has 1 fully saturated rings. The van der Waals surface area contributed by atoms with Crippen molar-refractivity contribution in [3.05, 3.63) is 29.3 Å². The van der Waals surface area contributed by atoms with Crippen LogP contribution in [-0.2, 0) is 9.53 Å². The number of nitrogens with zero attached hydrogens (tertiary/aromatic N) is 1. The standard InChI is InChI=1S/C14H16F2N2O4/c1-3-22-12(19)7-18-6-11(17-14(18)20)13-9(15)4-8(21-2)5-10(13)16/h4-5,11H,3,6-7H2,1-2H3,(H,17,20)/t11-/m0/s1. The summed E-state index contributed by atoms with van der Waals surface area (Å²) in [5.74, 6) is -2.17. The van der Waals surface area contributed by atoms with Gasteiger partial charge < -0.3 is 19.7 Å². The van der Waals surface area contributed by atoms with Gasteiger partial charge in [-0.3, -0.25) is 4.79 Å². The van der Waals surface area contributed by atoms with Gasteiger partial charge in [0.15, 0.2) is 0 Å². The van der Waals surface area contributed by atoms with E-state index < -0.39 is 29.7 Å². The Morgan fingerprint density at radius 2 is 2.05 bits per heavy atom. The summed E-state index contributed by atoms with van der Waals surface area (Å²) >= 11 is 0. The van der Waals surface area contributed by atoms with Gasteiger partial charge in [0.2, 0.25) is 0 Å². The van der Waals surface area contributed by atoms with E-state index in [1.807, 2.05) is 0 Å². The van der Waals surface area contributed by atoms with E-state index in [2.05, 4.69) is 5.32 Å². The van der Waals surface area contributed by atoms with Gasteiger partial charge in [-0.25, -0.2) is 13.6 Å². The zero-order valence-electron chi connectivity index (χ0n) is 12.2. The van der Waals surface area contributed by atoms with Crippen LogP contribution in [0.4, 0.5) is 13.6 Å². The average Bonchev–Trinajstić information content (AvgIpc) is 2.79. The van der Waals surface area contributed by atoms with E-state index >= 15 is 0 Å². The van der Waals surface area contributed by atoms with Gasteiger partial charge in [0.25, 0.3) is 0 Å². The van der Waals surface area contributed by atoms with Crippen LogP contribution in [-0.4, -0.2) is 43.7 Å². The molecule has 2 amide bonds. The molecule has 0 aromatic heterocycles. The Morgan fingerprint density at radius 3 is 2.59 bits per heavy atom. The molecule has 1 saturated heterocycles. The minimum absolute atomic E-state index is 0.0299. The molecule has 0 unspecified atom stereocenters. The fraction of sp³-hybridized carbons (Fsp3) is 0.429. The zero-order valence-corrected chi connectivity index (χ0v) is 12.2. The molecule has 1 aliphatic rings. The van der Waals surface area contributed by atoms with Crippen LogP contribution >= 0.6 is 0 Å². The first-order valence-corrected chi connectivity index (χ1v) is 6.70. The van der Waals surface area contributed by atoms with E-state index in [4.69, 9.17) is 9.47 Å². The van der Waals surface area contributed by atoms with E-state index in [1.165, 1.54) is 7.11 Å². The number of hydrogen-bond acceptors (Lipinski definition) is 4. The molecule has 120 valence electrons. The summed E-state index contributed by atoms with van der Waals surface area (Å²) in [4.78, 5) is 24.3. The van der Waals surface area contributed by atoms with Crippen LogP contribution < -0.4 is 10.1 Å². The fourth-order valence-corrected chi connectivity index (χ4v) is 2.26. The summed E-state index contributed by atoms with van der Waals surface area (Å²) in [5.41, 5.74) is -0.263. The minimum atomic E-state index is -0.882. The number of carbonyl (C=O) groups excluding carboxylic acids is 2. The first kappa shape index (κ1) is 16.0. The van der Waals surface area contributed by atoms with Gasteiger partial charge in [-0.15, -0.1) is 0 Å². The molecule has 0 saturated carbocycles. The fourth-order valence-electron chi connectivity index (χ4n) is 2.26. The number of benzene rings is 1. The highest BCUT2D eigenvalue weighted by Gasteiger charge is 2.34. The van der Waals surface area contributed by atoms with E-state index in [9.17, 15) is 18.4 Å². The molecule has 1 atom stereocenters. The number of hydrogen-bond donors (Lipinski definition) is 1. The molecule has 0 aliphatic carbocycles. The van der Waals surface area contributed by atoms with Crippen molar-refractivity contribution >= 4 is 12.0 Å². The van der Waals surface area contributed by atoms with Gasteiger partial charge in [0, 0.05) is 24.2 Å². The quantitative estimate of drug-likeness (QED) is 0.838. The number of methoxy groups -OCH3 is 1. The molecule has 1 aromatic carbocycles. The number of nitrogens with one attached hydrogen (secondary N) is 1. The van der Waals surface area contributed by atoms with Gasteiger partial charge in [-0.05, 0) is 6.92 Å². The van der Waals surface area contributed by atoms with Gasteiger partial charge in [-0.1, -0.05) is 0 Å². The van der Waals surface area contributed by atoms with Crippen LogP contribution in [0.5, 0.6) is 5.75 Å². The summed E-state index contributed by atoms with van der Waals surface area (Å²) in [7, 11) is 1.30. The van der Waals surface area contributed by atoms with Crippen molar-refractivity contribution < 1.29 is 27.8 Å². The molecule has 0 bridgehead atoms. The lowest BCUT2D eigenvalue weighted by Gasteiger charge is -2.15. The number of carbonyl (C=O) groups is 2. The van der Waals surface area contributed by atoms with E-state index in [0.717, 1.165) is 17.0 Å². The molecule has 1 N–H and O–H groups in total. The molecular formula is C14H16F2N2O4. The number of urea groups is 1. The third kappa shape index (κ3) is 3.26. The summed E-state index contributed by atoms with van der Waals surface area (Å²) < 4.78 is 37.5. The van der Waals surface area contributed by atoms with Gasteiger partial charge in [0.1, 0.15) is 23.9 Å². The highest BCUT2D eigenvalue weighted by Crippen LogP contribution is 2.28. The van der Waals surface area contributed by atoms with Crippen LogP contribution in [0.3, 0.4) is 0 Å². The number of halogens is 2. The average molecular weight is 314 g/mol. The molecule has 2 rings (SSSR count). The van der Waals surface area contributed by atoms with Crippen LogP contribution in [0.25, 0.3) is 0 Å². The predicted molar refractivity (Wildman–Crippen MR) is 72.4 cm³/mol. The van der Waals surface area contributed by atoms with Gasteiger partial charge >= 0.3 is 12.0 Å². The smallest absolute Gasteiger partial charge is 0.325 e. The lowest BCUT2D eigenvalue weighted by Crippen LogP contribution is -2.33. The topological polar surface area (TPSA) is 67.9 Å². The van der Waals surface area contributed by atoms with Crippen molar-refractivity contribution in [2.45, 2.75) is 13.0 Å². The number of ether oxygens (including phenoxy) is 2. The normalized spacial score (nSPS) is 17.4. The molecule has 6 nitrogen and oxygen atoms in total. The third-order valence-electron chi connectivity index (χ3n) is 3.25. The van der Waals surface area contributed by atoms with E-state index in [0.29, 0.717) is 0 Å². The minimum Gasteiger partial charge on any atom is -0.497 e. The molecule has 0 radical (unpaired) electrons. The molecule has 8 heteroatoms. The Bertz CT molecular complexity index is 571. The van der Waals surface area contributed by atoms with Crippen molar-refractivity contribution in [3.63, 3.8) is 0 Å². The Hall–Kier alpha value is -2.38. The largest absolute Gasteiger partial charge is 0.497 e. The number of amides is 2. The van der Waals surface area contributed by atoms with Gasteiger partial charge in [0.05, 0.1) is 19.8 Å². The first-order chi connectivity index (χ1) is 10.5. The van der Waals surface area contributed by atoms with Gasteiger partial charge in [-0.2, -0.15) is 0 Å². The Balaban J connectivity index is 2.15. The maximum Gasteiger partial charge on any atom is 0.325 e. The summed E-state index contributed by atoms with van der Waals surface area (Å²) in [6.45, 7) is 1.54. The van der Waals surface area contributed by atoms with E-state index in [1.54, 1.807) is 6.92 Å². The summed E-state index contributed by atoms with van der Waals surface area (Å²) in [6.07, 6.45) is 0. The van der Waals surface area contributed by atoms with Crippen LogP contribution in [0, 0.1) is 11.6 Å². The van der Waals surface area contributed by atoms with Crippen molar-refractivity contribution in [2.75, 3.05) is 26.8 Å². The molecular weight excluding hydrogens is 298 g/mol. The molecule has 1 aliphatic heterocycles. The molecule has 22 heavy (non-hydrogen) atoms. The third-order valence-corrected chi connectivity index (χ3v) is 3.25. The number of rotatable bonds is 5. The Labute approximate surface area is 126 Å². The lowest BCUT2D eigenvalue weighted by atomic mass is 10.1. The van der Waals surface area contributed by atoms with Crippen molar-refractivity contribution in [3.8, 4) is 5.75 Å². The predicted octanol–water partition coefficient (Wildman–Crippen LogP) is 1.60. The second-order valence-electron chi connectivity index (χ2n) is 4.69. The summed E-state index contributed by atoms with van der Waals surface area (Å²) in [6, 6.07) is 0.623. The van der Waals surface area contributed by atoms with E-state index in [-0.39, 0.29) is 31.0 Å². The Morgan fingerprint density at radius 1 is 1.41 bits per heavy atom. The Kier molecular flexibility index (Phi) is 4.79. The molecule has 1 aromatic rings. The maximum atomic E-state index is 14.0. The molecule has 0 spiro atoms. The van der Waals surface area contributed by atoms with Crippen molar-refractivity contribution in [1.82, 2.24) is 10.2 Å². The van der Waals surface area contributed by atoms with Crippen LogP contribution in [0.2, 0.25) is 0 Å². The monoisotopic (exact) mass is 314 g/mol. The van der Waals surface area contributed by atoms with Crippen LogP contribution in [0.1, 0.15) is 18.5 Å². The second kappa shape index (κ2) is 6.59. The highest BCUT2D eigenvalue weighted by molar-refractivity contribution is 5.83.